The van der Waals surface area contributed by atoms with Crippen molar-refractivity contribution >= 4 is 40.8 Å². The van der Waals surface area contributed by atoms with Gasteiger partial charge >= 0.3 is 11.7 Å². The Morgan fingerprint density at radius 3 is 2.82 bits per heavy atom. The second kappa shape index (κ2) is 9.20. The smallest absolute Gasteiger partial charge is 0.343 e. The third-order valence-corrected chi connectivity index (χ3v) is 5.57. The zero-order chi connectivity index (χ0) is 20.1. The molecule has 0 spiro atoms. The van der Waals surface area contributed by atoms with E-state index in [0.717, 1.165) is 11.3 Å². The van der Waals surface area contributed by atoms with E-state index in [1.54, 1.807) is 36.1 Å². The molecular formula is C18H19ClN4O4S. The molecule has 1 atom stereocenters. The molecular weight excluding hydrogens is 404 g/mol. The van der Waals surface area contributed by atoms with Crippen LogP contribution >= 0.6 is 23.4 Å². The number of anilines is 1. The number of esters is 1. The minimum absolute atomic E-state index is 0.160. The van der Waals surface area contributed by atoms with Crippen molar-refractivity contribution < 1.29 is 14.5 Å². The molecule has 3 rings (SSSR count). The van der Waals surface area contributed by atoms with Gasteiger partial charge in [0.05, 0.1) is 17.4 Å². The lowest BCUT2D eigenvalue weighted by atomic mass is 9.98. The van der Waals surface area contributed by atoms with Gasteiger partial charge in [-0.15, -0.1) is 0 Å². The van der Waals surface area contributed by atoms with Crippen LogP contribution in [0.25, 0.3) is 0 Å². The SMILES string of the molecule is CCOC(=O)C1CCCN(c2ncnc(Sc3ccc(Cl)cc3)c2[N+](=O)[O-])C1. The summed E-state index contributed by atoms with van der Waals surface area (Å²) in [4.78, 5) is 34.3. The Morgan fingerprint density at radius 2 is 2.14 bits per heavy atom. The third-order valence-electron chi connectivity index (χ3n) is 4.32. The summed E-state index contributed by atoms with van der Waals surface area (Å²) in [5.41, 5.74) is -0.160. The molecule has 8 nitrogen and oxygen atoms in total. The average Bonchev–Trinajstić information content (AvgIpc) is 2.69. The van der Waals surface area contributed by atoms with Crippen LogP contribution in [0.4, 0.5) is 11.5 Å². The number of halogens is 1. The summed E-state index contributed by atoms with van der Waals surface area (Å²) in [7, 11) is 0. The number of hydrogen-bond acceptors (Lipinski definition) is 8. The van der Waals surface area contributed by atoms with Crippen molar-refractivity contribution in [1.29, 1.82) is 0 Å². The molecule has 1 saturated heterocycles. The molecule has 0 bridgehead atoms. The summed E-state index contributed by atoms with van der Waals surface area (Å²) < 4.78 is 5.11. The molecule has 1 fully saturated rings. The van der Waals surface area contributed by atoms with Gasteiger partial charge in [-0.3, -0.25) is 14.9 Å². The Labute approximate surface area is 171 Å². The van der Waals surface area contributed by atoms with E-state index in [2.05, 4.69) is 9.97 Å². The van der Waals surface area contributed by atoms with Crippen LogP contribution in [0.5, 0.6) is 0 Å². The van der Waals surface area contributed by atoms with Gasteiger partial charge in [0.2, 0.25) is 5.82 Å². The van der Waals surface area contributed by atoms with Crippen molar-refractivity contribution in [2.75, 3.05) is 24.6 Å². The van der Waals surface area contributed by atoms with Crippen LogP contribution < -0.4 is 4.90 Å². The van der Waals surface area contributed by atoms with Crippen LogP contribution in [-0.4, -0.2) is 40.6 Å². The minimum Gasteiger partial charge on any atom is -0.466 e. The molecule has 2 aromatic rings. The van der Waals surface area contributed by atoms with Crippen LogP contribution in [-0.2, 0) is 9.53 Å². The highest BCUT2D eigenvalue weighted by Crippen LogP contribution is 2.39. The van der Waals surface area contributed by atoms with Gasteiger partial charge in [0.15, 0.2) is 5.03 Å². The number of nitrogens with zero attached hydrogens (tertiary/aromatic N) is 4. The summed E-state index contributed by atoms with van der Waals surface area (Å²) in [5.74, 6) is -0.374. The Bertz CT molecular complexity index is 865. The van der Waals surface area contributed by atoms with Crippen LogP contribution in [0.2, 0.25) is 5.02 Å². The van der Waals surface area contributed by atoms with E-state index in [0.29, 0.717) is 31.1 Å². The number of benzene rings is 1. The standard InChI is InChI=1S/C18H19ClN4O4S/c1-2-27-18(24)12-4-3-9-22(10-12)16-15(23(25)26)17(21-11-20-16)28-14-7-5-13(19)6-8-14/h5-8,11-12H,2-4,9-10H2,1H3. The number of ether oxygens (including phenoxy) is 1. The van der Waals surface area contributed by atoms with Crippen LogP contribution in [0, 0.1) is 16.0 Å². The van der Waals surface area contributed by atoms with Crippen molar-refractivity contribution in [1.82, 2.24) is 9.97 Å². The number of nitro groups is 1. The molecule has 0 saturated carbocycles. The lowest BCUT2D eigenvalue weighted by Crippen LogP contribution is -2.40. The largest absolute Gasteiger partial charge is 0.466 e. The maximum Gasteiger partial charge on any atom is 0.343 e. The normalized spacial score (nSPS) is 16.6. The zero-order valence-corrected chi connectivity index (χ0v) is 16.8. The maximum absolute atomic E-state index is 12.1. The first-order valence-electron chi connectivity index (χ1n) is 8.84. The predicted octanol–water partition coefficient (Wildman–Crippen LogP) is 3.97. The van der Waals surface area contributed by atoms with Crippen LogP contribution in [0.1, 0.15) is 19.8 Å². The minimum atomic E-state index is -0.471. The average molecular weight is 423 g/mol. The van der Waals surface area contributed by atoms with Gasteiger partial charge in [-0.1, -0.05) is 23.4 Å². The summed E-state index contributed by atoms with van der Waals surface area (Å²) in [6, 6.07) is 6.98. The van der Waals surface area contributed by atoms with Crippen LogP contribution in [0.3, 0.4) is 0 Å². The summed E-state index contributed by atoms with van der Waals surface area (Å²) in [6.07, 6.45) is 2.74. The fraction of sp³-hybridized carbons (Fsp3) is 0.389. The second-order valence-electron chi connectivity index (χ2n) is 6.20. The molecule has 2 heterocycles. The van der Waals surface area contributed by atoms with Gasteiger partial charge in [-0.2, -0.15) is 0 Å². The molecule has 1 aromatic carbocycles. The van der Waals surface area contributed by atoms with Gasteiger partial charge in [-0.05, 0) is 44.0 Å². The first-order chi connectivity index (χ1) is 13.5. The second-order valence-corrected chi connectivity index (χ2v) is 7.70. The molecule has 1 aliphatic heterocycles. The molecule has 1 aliphatic rings. The fourth-order valence-corrected chi connectivity index (χ4v) is 4.04. The number of piperidine rings is 1. The van der Waals surface area contributed by atoms with Gasteiger partial charge in [0.25, 0.3) is 0 Å². The molecule has 1 unspecified atom stereocenters. The first-order valence-corrected chi connectivity index (χ1v) is 10.0. The van der Waals surface area contributed by atoms with Crippen molar-refractivity contribution in [3.8, 4) is 0 Å². The number of carbonyl (C=O) groups is 1. The summed E-state index contributed by atoms with van der Waals surface area (Å²) in [5, 5.41) is 12.7. The number of rotatable bonds is 6. The molecule has 0 aliphatic carbocycles. The number of aromatic nitrogens is 2. The number of hydrogen-bond donors (Lipinski definition) is 0. The summed E-state index contributed by atoms with van der Waals surface area (Å²) in [6.45, 7) is 2.99. The van der Waals surface area contributed by atoms with Crippen molar-refractivity contribution in [3.05, 3.63) is 45.7 Å². The monoisotopic (exact) mass is 422 g/mol. The Kier molecular flexibility index (Phi) is 6.69. The van der Waals surface area contributed by atoms with Gasteiger partial charge in [0.1, 0.15) is 6.33 Å². The van der Waals surface area contributed by atoms with E-state index >= 15 is 0 Å². The zero-order valence-electron chi connectivity index (χ0n) is 15.2. The van der Waals surface area contributed by atoms with Gasteiger partial charge in [-0.25, -0.2) is 9.97 Å². The molecule has 1 aromatic heterocycles. The maximum atomic E-state index is 12.1. The molecule has 0 radical (unpaired) electrons. The molecule has 0 amide bonds. The molecule has 10 heteroatoms. The van der Waals surface area contributed by atoms with E-state index in [1.165, 1.54) is 18.1 Å². The Morgan fingerprint density at radius 1 is 1.39 bits per heavy atom. The third kappa shape index (κ3) is 4.71. The summed E-state index contributed by atoms with van der Waals surface area (Å²) >= 11 is 7.07. The van der Waals surface area contributed by atoms with E-state index < -0.39 is 4.92 Å². The van der Waals surface area contributed by atoms with Crippen molar-refractivity contribution in [3.63, 3.8) is 0 Å². The van der Waals surface area contributed by atoms with Crippen molar-refractivity contribution in [2.45, 2.75) is 29.7 Å². The van der Waals surface area contributed by atoms with E-state index in [9.17, 15) is 14.9 Å². The highest BCUT2D eigenvalue weighted by Gasteiger charge is 2.33. The van der Waals surface area contributed by atoms with E-state index in [-0.39, 0.29) is 28.4 Å². The Hall–Kier alpha value is -2.39. The lowest BCUT2D eigenvalue weighted by molar-refractivity contribution is -0.387. The molecule has 148 valence electrons. The highest BCUT2D eigenvalue weighted by atomic mass is 35.5. The Balaban J connectivity index is 1.89. The topological polar surface area (TPSA) is 98.5 Å². The lowest BCUT2D eigenvalue weighted by Gasteiger charge is -2.32. The predicted molar refractivity (Wildman–Crippen MR) is 106 cm³/mol. The number of carbonyl (C=O) groups excluding carboxylic acids is 1. The molecule has 0 N–H and O–H groups in total. The molecule has 28 heavy (non-hydrogen) atoms. The van der Waals surface area contributed by atoms with Crippen LogP contribution in [0.15, 0.2) is 40.5 Å². The van der Waals surface area contributed by atoms with E-state index in [1.807, 2.05) is 0 Å². The fourth-order valence-electron chi connectivity index (χ4n) is 3.06. The van der Waals surface area contributed by atoms with Gasteiger partial charge in [0, 0.05) is 23.0 Å². The highest BCUT2D eigenvalue weighted by molar-refractivity contribution is 7.99. The van der Waals surface area contributed by atoms with Gasteiger partial charge < -0.3 is 9.64 Å². The van der Waals surface area contributed by atoms with E-state index in [4.69, 9.17) is 16.3 Å². The quantitative estimate of drug-likeness (QED) is 0.298. The first kappa shape index (κ1) is 20.3. The van der Waals surface area contributed by atoms with Crippen molar-refractivity contribution in [2.24, 2.45) is 5.92 Å².